The minimum absolute atomic E-state index is 0.104. The molecule has 3 N–H and O–H groups in total. The lowest BCUT2D eigenvalue weighted by Gasteiger charge is -2.24. The highest BCUT2D eigenvalue weighted by Crippen LogP contribution is 2.16. The fourth-order valence-corrected chi connectivity index (χ4v) is 1.47. The van der Waals surface area contributed by atoms with Crippen LogP contribution in [0.2, 0.25) is 0 Å². The molecule has 0 aromatic rings. The highest BCUT2D eigenvalue weighted by Gasteiger charge is 2.27. The maximum absolute atomic E-state index is 10.9. The van der Waals surface area contributed by atoms with Crippen molar-refractivity contribution >= 4 is 6.03 Å². The van der Waals surface area contributed by atoms with Crippen LogP contribution in [0.15, 0.2) is 0 Å². The first-order chi connectivity index (χ1) is 5.66. The lowest BCUT2D eigenvalue weighted by atomic mass is 10.0. The van der Waals surface area contributed by atoms with Crippen LogP contribution in [0.3, 0.4) is 0 Å². The lowest BCUT2D eigenvalue weighted by molar-refractivity contribution is 0.238. The third-order valence-corrected chi connectivity index (χ3v) is 2.32. The van der Waals surface area contributed by atoms with Gasteiger partial charge in [-0.25, -0.2) is 4.79 Å². The smallest absolute Gasteiger partial charge is 0.314 e. The van der Waals surface area contributed by atoms with E-state index < -0.39 is 0 Å². The fourth-order valence-electron chi connectivity index (χ4n) is 1.47. The van der Waals surface area contributed by atoms with E-state index in [0.717, 1.165) is 13.0 Å². The molecule has 0 aliphatic carbocycles. The standard InChI is InChI=1S/C8H17N3O/c1-8(4-3-5-11-8)6-10-7(12)9-2/h11H,3-6H2,1-2H3,(H2,9,10,12). The molecule has 0 bridgehead atoms. The zero-order valence-electron chi connectivity index (χ0n) is 7.74. The summed E-state index contributed by atoms with van der Waals surface area (Å²) in [7, 11) is 1.62. The van der Waals surface area contributed by atoms with Gasteiger partial charge in [0.25, 0.3) is 0 Å². The van der Waals surface area contributed by atoms with Crippen LogP contribution >= 0.6 is 0 Å². The van der Waals surface area contributed by atoms with Gasteiger partial charge in [-0.1, -0.05) is 0 Å². The van der Waals surface area contributed by atoms with Crippen LogP contribution in [-0.4, -0.2) is 31.7 Å². The predicted molar refractivity (Wildman–Crippen MR) is 48.1 cm³/mol. The highest BCUT2D eigenvalue weighted by molar-refractivity contribution is 5.73. The second-order valence-corrected chi connectivity index (χ2v) is 3.52. The molecule has 1 atom stereocenters. The maximum atomic E-state index is 10.9. The first-order valence-corrected chi connectivity index (χ1v) is 4.37. The van der Waals surface area contributed by atoms with Crippen LogP contribution in [0.5, 0.6) is 0 Å². The zero-order chi connectivity index (χ0) is 9.03. The van der Waals surface area contributed by atoms with Crippen LogP contribution in [-0.2, 0) is 0 Å². The SMILES string of the molecule is CNC(=O)NCC1(C)CCCN1. The van der Waals surface area contributed by atoms with Gasteiger partial charge in [-0.15, -0.1) is 0 Å². The molecule has 1 rings (SSSR count). The predicted octanol–water partition coefficient (Wildman–Crippen LogP) is 0.0575. The Labute approximate surface area is 73.1 Å². The summed E-state index contributed by atoms with van der Waals surface area (Å²) < 4.78 is 0. The molecule has 4 heteroatoms. The summed E-state index contributed by atoms with van der Waals surface area (Å²) in [6.45, 7) is 3.90. The van der Waals surface area contributed by atoms with Crippen molar-refractivity contribution < 1.29 is 4.79 Å². The van der Waals surface area contributed by atoms with E-state index in [-0.39, 0.29) is 11.6 Å². The van der Waals surface area contributed by atoms with E-state index in [1.54, 1.807) is 7.05 Å². The molecular weight excluding hydrogens is 154 g/mol. The Morgan fingerprint density at radius 3 is 2.92 bits per heavy atom. The third-order valence-electron chi connectivity index (χ3n) is 2.32. The molecule has 1 unspecified atom stereocenters. The molecule has 12 heavy (non-hydrogen) atoms. The van der Waals surface area contributed by atoms with Gasteiger partial charge in [0.15, 0.2) is 0 Å². The zero-order valence-corrected chi connectivity index (χ0v) is 7.74. The van der Waals surface area contributed by atoms with Crippen molar-refractivity contribution in [1.29, 1.82) is 0 Å². The average Bonchev–Trinajstić information content (AvgIpc) is 2.49. The molecule has 70 valence electrons. The Balaban J connectivity index is 2.25. The van der Waals surface area contributed by atoms with E-state index in [1.165, 1.54) is 6.42 Å². The van der Waals surface area contributed by atoms with Crippen molar-refractivity contribution in [3.05, 3.63) is 0 Å². The van der Waals surface area contributed by atoms with Crippen LogP contribution < -0.4 is 16.0 Å². The Hall–Kier alpha value is -0.770. The van der Waals surface area contributed by atoms with Gasteiger partial charge in [-0.3, -0.25) is 0 Å². The van der Waals surface area contributed by atoms with Crippen molar-refractivity contribution in [3.63, 3.8) is 0 Å². The lowest BCUT2D eigenvalue weighted by Crippen LogP contribution is -2.49. The third kappa shape index (κ3) is 2.37. The molecule has 1 heterocycles. The molecule has 0 saturated carbocycles. The van der Waals surface area contributed by atoms with Gasteiger partial charge in [0.05, 0.1) is 0 Å². The summed E-state index contributed by atoms with van der Waals surface area (Å²) in [6, 6.07) is -0.107. The summed E-state index contributed by atoms with van der Waals surface area (Å²) in [4.78, 5) is 10.9. The Morgan fingerprint density at radius 1 is 1.67 bits per heavy atom. The first-order valence-electron chi connectivity index (χ1n) is 4.37. The molecule has 1 fully saturated rings. The molecule has 4 nitrogen and oxygen atoms in total. The summed E-state index contributed by atoms with van der Waals surface area (Å²) >= 11 is 0. The summed E-state index contributed by atoms with van der Waals surface area (Å²) in [5.41, 5.74) is 0.104. The second-order valence-electron chi connectivity index (χ2n) is 3.52. The second kappa shape index (κ2) is 3.76. The number of carbonyl (C=O) groups is 1. The Kier molecular flexibility index (Phi) is 2.92. The number of hydrogen-bond acceptors (Lipinski definition) is 2. The van der Waals surface area contributed by atoms with Gasteiger partial charge in [0.1, 0.15) is 0 Å². The minimum atomic E-state index is -0.107. The van der Waals surface area contributed by atoms with Gasteiger partial charge in [-0.05, 0) is 26.3 Å². The van der Waals surface area contributed by atoms with E-state index in [1.807, 2.05) is 0 Å². The highest BCUT2D eigenvalue weighted by atomic mass is 16.2. The Bertz CT molecular complexity index is 164. The van der Waals surface area contributed by atoms with Gasteiger partial charge in [-0.2, -0.15) is 0 Å². The van der Waals surface area contributed by atoms with Gasteiger partial charge < -0.3 is 16.0 Å². The van der Waals surface area contributed by atoms with Crippen LogP contribution in [0.1, 0.15) is 19.8 Å². The Morgan fingerprint density at radius 2 is 2.42 bits per heavy atom. The van der Waals surface area contributed by atoms with Crippen molar-refractivity contribution in [2.45, 2.75) is 25.3 Å². The number of amides is 2. The molecule has 0 radical (unpaired) electrons. The number of urea groups is 1. The van der Waals surface area contributed by atoms with E-state index in [4.69, 9.17) is 0 Å². The summed E-state index contributed by atoms with van der Waals surface area (Å²) in [5.74, 6) is 0. The average molecular weight is 171 g/mol. The van der Waals surface area contributed by atoms with E-state index in [2.05, 4.69) is 22.9 Å². The fraction of sp³-hybridized carbons (Fsp3) is 0.875. The van der Waals surface area contributed by atoms with E-state index in [0.29, 0.717) is 6.54 Å². The normalized spacial score (nSPS) is 28.5. The number of carbonyl (C=O) groups excluding carboxylic acids is 1. The quantitative estimate of drug-likeness (QED) is 0.550. The van der Waals surface area contributed by atoms with Crippen molar-refractivity contribution in [3.8, 4) is 0 Å². The largest absolute Gasteiger partial charge is 0.341 e. The molecule has 1 aliphatic rings. The molecular formula is C8H17N3O. The minimum Gasteiger partial charge on any atom is -0.341 e. The van der Waals surface area contributed by atoms with Gasteiger partial charge in [0.2, 0.25) is 0 Å². The molecule has 1 aliphatic heterocycles. The van der Waals surface area contributed by atoms with Gasteiger partial charge in [0, 0.05) is 19.1 Å². The summed E-state index contributed by atoms with van der Waals surface area (Å²) in [6.07, 6.45) is 2.34. The van der Waals surface area contributed by atoms with Crippen molar-refractivity contribution in [2.75, 3.05) is 20.1 Å². The van der Waals surface area contributed by atoms with Crippen LogP contribution in [0.25, 0.3) is 0 Å². The van der Waals surface area contributed by atoms with Gasteiger partial charge >= 0.3 is 6.03 Å². The monoisotopic (exact) mass is 171 g/mol. The summed E-state index contributed by atoms with van der Waals surface area (Å²) in [5, 5.41) is 8.70. The van der Waals surface area contributed by atoms with Crippen molar-refractivity contribution in [2.24, 2.45) is 0 Å². The van der Waals surface area contributed by atoms with E-state index in [9.17, 15) is 4.79 Å². The first kappa shape index (κ1) is 9.32. The number of hydrogen-bond donors (Lipinski definition) is 3. The topological polar surface area (TPSA) is 53.2 Å². The number of nitrogens with one attached hydrogen (secondary N) is 3. The maximum Gasteiger partial charge on any atom is 0.314 e. The van der Waals surface area contributed by atoms with Crippen molar-refractivity contribution in [1.82, 2.24) is 16.0 Å². The molecule has 1 saturated heterocycles. The number of rotatable bonds is 2. The molecule has 0 aromatic carbocycles. The molecule has 0 spiro atoms. The molecule has 2 amide bonds. The molecule has 0 aromatic heterocycles. The van der Waals surface area contributed by atoms with Crippen LogP contribution in [0, 0.1) is 0 Å². The van der Waals surface area contributed by atoms with E-state index >= 15 is 0 Å². The van der Waals surface area contributed by atoms with Crippen LogP contribution in [0.4, 0.5) is 4.79 Å².